The van der Waals surface area contributed by atoms with Crippen LogP contribution in [0.5, 0.6) is 5.75 Å². The molecule has 106 valence electrons. The molecule has 0 bridgehead atoms. The first-order chi connectivity index (χ1) is 9.72. The molecule has 0 radical (unpaired) electrons. The van der Waals surface area contributed by atoms with Crippen molar-refractivity contribution in [1.29, 1.82) is 0 Å². The summed E-state index contributed by atoms with van der Waals surface area (Å²) in [4.78, 5) is 0. The molecule has 1 aliphatic heterocycles. The van der Waals surface area contributed by atoms with Crippen LogP contribution in [0.3, 0.4) is 0 Å². The first-order valence-corrected chi connectivity index (χ1v) is 7.00. The Bertz CT molecular complexity index is 620. The number of methoxy groups -OCH3 is 1. The number of hydrogen-bond donors (Lipinski definition) is 1. The smallest absolute Gasteiger partial charge is 0.164 e. The van der Waals surface area contributed by atoms with Gasteiger partial charge in [0, 0.05) is 18.5 Å². The molecule has 0 amide bonds. The third kappa shape index (κ3) is 2.18. The number of benzene rings is 1. The highest BCUT2D eigenvalue weighted by atomic mass is 16.5. The monoisotopic (exact) mass is 272 g/mol. The van der Waals surface area contributed by atoms with Gasteiger partial charge < -0.3 is 15.0 Å². The molecular formula is C15H20N4O. The lowest BCUT2D eigenvalue weighted by Gasteiger charge is -2.22. The molecule has 1 aliphatic rings. The topological polar surface area (TPSA) is 66.0 Å². The average molecular weight is 272 g/mol. The molecule has 1 aromatic carbocycles. The summed E-state index contributed by atoms with van der Waals surface area (Å²) in [6, 6.07) is 6.16. The second kappa shape index (κ2) is 5.25. The van der Waals surface area contributed by atoms with Gasteiger partial charge in [0.1, 0.15) is 11.6 Å². The molecule has 2 heterocycles. The van der Waals surface area contributed by atoms with Gasteiger partial charge in [-0.1, -0.05) is 12.1 Å². The molecule has 1 atom stereocenters. The van der Waals surface area contributed by atoms with Gasteiger partial charge in [-0.05, 0) is 37.4 Å². The Morgan fingerprint density at radius 3 is 3.00 bits per heavy atom. The average Bonchev–Trinajstić information content (AvgIpc) is 2.90. The number of nitrogens with zero attached hydrogens (tertiary/aromatic N) is 3. The molecule has 0 aliphatic carbocycles. The Kier molecular flexibility index (Phi) is 3.44. The van der Waals surface area contributed by atoms with Crippen LogP contribution in [0.2, 0.25) is 0 Å². The fraction of sp³-hybridized carbons (Fsp3) is 0.467. The van der Waals surface area contributed by atoms with Crippen molar-refractivity contribution in [2.75, 3.05) is 13.7 Å². The minimum atomic E-state index is 0.534. The summed E-state index contributed by atoms with van der Waals surface area (Å²) in [6.07, 6.45) is 2.02. The van der Waals surface area contributed by atoms with Crippen molar-refractivity contribution in [1.82, 2.24) is 14.8 Å². The molecule has 0 spiro atoms. The molecule has 0 saturated heterocycles. The zero-order valence-corrected chi connectivity index (χ0v) is 12.0. The van der Waals surface area contributed by atoms with Crippen molar-refractivity contribution in [3.8, 4) is 17.1 Å². The highest BCUT2D eigenvalue weighted by Crippen LogP contribution is 2.29. The predicted octanol–water partition coefficient (Wildman–Crippen LogP) is 1.78. The fourth-order valence-corrected chi connectivity index (χ4v) is 2.77. The van der Waals surface area contributed by atoms with E-state index < -0.39 is 0 Å². The van der Waals surface area contributed by atoms with Crippen molar-refractivity contribution >= 4 is 0 Å². The van der Waals surface area contributed by atoms with Gasteiger partial charge in [-0.2, -0.15) is 0 Å². The van der Waals surface area contributed by atoms with Crippen LogP contribution in [0.1, 0.15) is 17.8 Å². The van der Waals surface area contributed by atoms with Gasteiger partial charge in [0.2, 0.25) is 0 Å². The summed E-state index contributed by atoms with van der Waals surface area (Å²) in [5.74, 6) is 3.39. The van der Waals surface area contributed by atoms with Crippen LogP contribution in [0.15, 0.2) is 18.2 Å². The van der Waals surface area contributed by atoms with Crippen molar-refractivity contribution in [2.45, 2.75) is 26.3 Å². The summed E-state index contributed by atoms with van der Waals surface area (Å²) in [5.41, 5.74) is 7.93. The van der Waals surface area contributed by atoms with Gasteiger partial charge in [0.05, 0.1) is 7.11 Å². The zero-order chi connectivity index (χ0) is 14.1. The highest BCUT2D eigenvalue weighted by Gasteiger charge is 2.22. The van der Waals surface area contributed by atoms with Gasteiger partial charge >= 0.3 is 0 Å². The van der Waals surface area contributed by atoms with E-state index in [0.717, 1.165) is 54.5 Å². The number of rotatable bonds is 3. The van der Waals surface area contributed by atoms with Crippen LogP contribution in [0.4, 0.5) is 0 Å². The molecule has 5 nitrogen and oxygen atoms in total. The Morgan fingerprint density at radius 2 is 2.25 bits per heavy atom. The van der Waals surface area contributed by atoms with Gasteiger partial charge in [-0.25, -0.2) is 0 Å². The van der Waals surface area contributed by atoms with E-state index in [9.17, 15) is 0 Å². The molecule has 0 saturated carbocycles. The molecule has 5 heteroatoms. The molecule has 2 N–H and O–H groups in total. The van der Waals surface area contributed by atoms with Crippen molar-refractivity contribution in [3.63, 3.8) is 0 Å². The third-order valence-corrected chi connectivity index (χ3v) is 4.06. The summed E-state index contributed by atoms with van der Waals surface area (Å²) in [7, 11) is 1.69. The second-order valence-electron chi connectivity index (χ2n) is 5.37. The third-order valence-electron chi connectivity index (χ3n) is 4.06. The number of nitrogens with two attached hydrogens (primary N) is 1. The normalized spacial score (nSPS) is 17.9. The van der Waals surface area contributed by atoms with Crippen LogP contribution >= 0.6 is 0 Å². The number of ether oxygens (including phenoxy) is 1. The van der Waals surface area contributed by atoms with Crippen molar-refractivity contribution < 1.29 is 4.74 Å². The standard InChI is InChI=1S/C15H20N4O/c1-10-3-4-12(8-13(10)20-2)15-18-17-14-7-11(9-16)5-6-19(14)15/h3-4,8,11H,5-7,9,16H2,1-2H3. The molecule has 1 unspecified atom stereocenters. The van der Waals surface area contributed by atoms with E-state index in [1.165, 1.54) is 0 Å². The summed E-state index contributed by atoms with van der Waals surface area (Å²) in [5, 5.41) is 8.68. The second-order valence-corrected chi connectivity index (χ2v) is 5.37. The Balaban J connectivity index is 1.98. The van der Waals surface area contributed by atoms with Crippen LogP contribution in [0.25, 0.3) is 11.4 Å². The predicted molar refractivity (Wildman–Crippen MR) is 77.6 cm³/mol. The molecule has 1 aromatic heterocycles. The lowest BCUT2D eigenvalue weighted by atomic mass is 9.98. The summed E-state index contributed by atoms with van der Waals surface area (Å²) in [6.45, 7) is 3.70. The Morgan fingerprint density at radius 1 is 1.40 bits per heavy atom. The van der Waals surface area contributed by atoms with E-state index in [1.54, 1.807) is 7.11 Å². The first-order valence-electron chi connectivity index (χ1n) is 7.00. The van der Waals surface area contributed by atoms with E-state index in [2.05, 4.69) is 26.9 Å². The fourth-order valence-electron chi connectivity index (χ4n) is 2.77. The van der Waals surface area contributed by atoms with Crippen LogP contribution < -0.4 is 10.5 Å². The SMILES string of the molecule is COc1cc(-c2nnc3n2CCC(CN)C3)ccc1C. The molecule has 3 rings (SSSR count). The lowest BCUT2D eigenvalue weighted by Crippen LogP contribution is -2.25. The quantitative estimate of drug-likeness (QED) is 0.925. The largest absolute Gasteiger partial charge is 0.496 e. The number of aromatic nitrogens is 3. The van der Waals surface area contributed by atoms with Gasteiger partial charge in [-0.3, -0.25) is 0 Å². The Hall–Kier alpha value is -1.88. The number of fused-ring (bicyclic) bond motifs is 1. The van der Waals surface area contributed by atoms with Crippen LogP contribution in [0, 0.1) is 12.8 Å². The first kappa shape index (κ1) is 13.1. The van der Waals surface area contributed by atoms with Gasteiger partial charge in [-0.15, -0.1) is 10.2 Å². The molecule has 20 heavy (non-hydrogen) atoms. The van der Waals surface area contributed by atoms with E-state index >= 15 is 0 Å². The van der Waals surface area contributed by atoms with E-state index in [-0.39, 0.29) is 0 Å². The maximum Gasteiger partial charge on any atom is 0.164 e. The summed E-state index contributed by atoms with van der Waals surface area (Å²) < 4.78 is 7.59. The van der Waals surface area contributed by atoms with E-state index in [0.29, 0.717) is 5.92 Å². The molecule has 0 fully saturated rings. The minimum Gasteiger partial charge on any atom is -0.496 e. The van der Waals surface area contributed by atoms with E-state index in [4.69, 9.17) is 10.5 Å². The Labute approximate surface area is 118 Å². The van der Waals surface area contributed by atoms with E-state index in [1.807, 2.05) is 13.0 Å². The number of hydrogen-bond acceptors (Lipinski definition) is 4. The molecular weight excluding hydrogens is 252 g/mol. The van der Waals surface area contributed by atoms with Crippen LogP contribution in [-0.2, 0) is 13.0 Å². The maximum absolute atomic E-state index is 5.76. The van der Waals surface area contributed by atoms with Crippen molar-refractivity contribution in [3.05, 3.63) is 29.6 Å². The summed E-state index contributed by atoms with van der Waals surface area (Å²) >= 11 is 0. The maximum atomic E-state index is 5.76. The van der Waals surface area contributed by atoms with Crippen molar-refractivity contribution in [2.24, 2.45) is 11.7 Å². The lowest BCUT2D eigenvalue weighted by molar-refractivity contribution is 0.391. The number of aryl methyl sites for hydroxylation is 1. The highest BCUT2D eigenvalue weighted by molar-refractivity contribution is 5.59. The molecule has 2 aromatic rings. The van der Waals surface area contributed by atoms with Gasteiger partial charge in [0.25, 0.3) is 0 Å². The minimum absolute atomic E-state index is 0.534. The van der Waals surface area contributed by atoms with Crippen LogP contribution in [-0.4, -0.2) is 28.4 Å². The zero-order valence-electron chi connectivity index (χ0n) is 12.0. The van der Waals surface area contributed by atoms with Gasteiger partial charge in [0.15, 0.2) is 5.82 Å².